The Morgan fingerprint density at radius 3 is 2.63 bits per heavy atom. The first-order valence-electron chi connectivity index (χ1n) is 8.43. The van der Waals surface area contributed by atoms with Crippen molar-refractivity contribution in [3.8, 4) is 5.75 Å². The molecule has 0 radical (unpaired) electrons. The molecule has 1 aromatic heterocycles. The minimum atomic E-state index is -3.77. The molecule has 10 nitrogen and oxygen atoms in total. The number of aromatic nitrogens is 1. The van der Waals surface area contributed by atoms with Gasteiger partial charge in [0.05, 0.1) is 40.8 Å². The van der Waals surface area contributed by atoms with E-state index in [9.17, 15) is 23.3 Å². The van der Waals surface area contributed by atoms with Gasteiger partial charge in [0.1, 0.15) is 5.75 Å². The SMILES string of the molecule is COc1cc([N+](=O)[O-])ccc1NC(=O)Cc1csc(NS(=O)(=O)c2ccccc2)n1. The summed E-state index contributed by atoms with van der Waals surface area (Å²) in [7, 11) is -2.44. The van der Waals surface area contributed by atoms with Crippen molar-refractivity contribution in [3.63, 3.8) is 0 Å². The molecule has 0 fully saturated rings. The number of methoxy groups -OCH3 is 1. The fraction of sp³-hybridized carbons (Fsp3) is 0.111. The van der Waals surface area contributed by atoms with Crippen molar-refractivity contribution in [1.82, 2.24) is 4.98 Å². The quantitative estimate of drug-likeness (QED) is 0.398. The summed E-state index contributed by atoms with van der Waals surface area (Å²) in [6, 6.07) is 11.7. The second kappa shape index (κ2) is 8.88. The van der Waals surface area contributed by atoms with E-state index in [4.69, 9.17) is 4.74 Å². The van der Waals surface area contributed by atoms with Crippen LogP contribution in [0.2, 0.25) is 0 Å². The molecule has 2 N–H and O–H groups in total. The summed E-state index contributed by atoms with van der Waals surface area (Å²) in [5.41, 5.74) is 0.470. The lowest BCUT2D eigenvalue weighted by atomic mass is 10.2. The van der Waals surface area contributed by atoms with Gasteiger partial charge in [0.2, 0.25) is 5.91 Å². The molecule has 12 heteroatoms. The molecule has 0 saturated heterocycles. The number of carbonyl (C=O) groups excluding carboxylic acids is 1. The molecule has 0 aliphatic rings. The fourth-order valence-corrected chi connectivity index (χ4v) is 4.45. The van der Waals surface area contributed by atoms with Crippen molar-refractivity contribution in [2.75, 3.05) is 17.1 Å². The summed E-state index contributed by atoms with van der Waals surface area (Å²) in [5, 5.41) is 15.1. The summed E-state index contributed by atoms with van der Waals surface area (Å²) < 4.78 is 32.1. The van der Waals surface area contributed by atoms with Crippen molar-refractivity contribution in [2.24, 2.45) is 0 Å². The number of anilines is 2. The second-order valence-electron chi connectivity index (χ2n) is 5.93. The van der Waals surface area contributed by atoms with Crippen molar-refractivity contribution in [1.29, 1.82) is 0 Å². The number of non-ortho nitro benzene ring substituents is 1. The Kier molecular flexibility index (Phi) is 6.28. The van der Waals surface area contributed by atoms with Crippen LogP contribution < -0.4 is 14.8 Å². The number of thiazole rings is 1. The Morgan fingerprint density at radius 1 is 1.23 bits per heavy atom. The maximum atomic E-state index is 12.3. The summed E-state index contributed by atoms with van der Waals surface area (Å²) in [6.07, 6.45) is -0.121. The lowest BCUT2D eigenvalue weighted by Gasteiger charge is -2.09. The van der Waals surface area contributed by atoms with E-state index in [1.165, 1.54) is 37.4 Å². The molecule has 3 aromatic rings. The van der Waals surface area contributed by atoms with E-state index in [-0.39, 0.29) is 33.6 Å². The van der Waals surface area contributed by atoms with Gasteiger partial charge in [-0.15, -0.1) is 11.3 Å². The summed E-state index contributed by atoms with van der Waals surface area (Å²) >= 11 is 1.05. The van der Waals surface area contributed by atoms with Gasteiger partial charge in [0.25, 0.3) is 15.7 Å². The first-order valence-corrected chi connectivity index (χ1v) is 10.8. The molecule has 0 saturated carbocycles. The monoisotopic (exact) mass is 448 g/mol. The average molecular weight is 448 g/mol. The molecule has 1 amide bonds. The highest BCUT2D eigenvalue weighted by Crippen LogP contribution is 2.29. The smallest absolute Gasteiger partial charge is 0.273 e. The molecule has 0 aliphatic carbocycles. The maximum Gasteiger partial charge on any atom is 0.273 e. The molecular formula is C18H16N4O6S2. The molecule has 0 unspecified atom stereocenters. The lowest BCUT2D eigenvalue weighted by Crippen LogP contribution is -2.16. The molecule has 0 aliphatic heterocycles. The van der Waals surface area contributed by atoms with Crippen molar-refractivity contribution < 1.29 is 22.9 Å². The number of hydrogen-bond acceptors (Lipinski definition) is 8. The number of benzene rings is 2. The minimum absolute atomic E-state index is 0.102. The first kappa shape index (κ1) is 21.2. The van der Waals surface area contributed by atoms with Gasteiger partial charge in [-0.05, 0) is 18.2 Å². The number of nitro benzene ring substituents is 1. The number of carbonyl (C=O) groups is 1. The number of sulfonamides is 1. The maximum absolute atomic E-state index is 12.3. The number of rotatable bonds is 8. The molecule has 0 atom stereocenters. The van der Waals surface area contributed by atoms with Gasteiger partial charge in [-0.1, -0.05) is 18.2 Å². The zero-order chi connectivity index (χ0) is 21.7. The highest BCUT2D eigenvalue weighted by molar-refractivity contribution is 7.93. The molecule has 0 spiro atoms. The van der Waals surface area contributed by atoms with Crippen molar-refractivity contribution in [2.45, 2.75) is 11.3 Å². The number of ether oxygens (including phenoxy) is 1. The van der Waals surface area contributed by atoms with Crippen LogP contribution in [0.25, 0.3) is 0 Å². The fourth-order valence-electron chi connectivity index (χ4n) is 2.46. The molecular weight excluding hydrogens is 432 g/mol. The average Bonchev–Trinajstić information content (AvgIpc) is 3.14. The molecule has 0 bridgehead atoms. The number of nitro groups is 1. The second-order valence-corrected chi connectivity index (χ2v) is 8.47. The van der Waals surface area contributed by atoms with Gasteiger partial charge in [0.15, 0.2) is 5.13 Å². The Hall–Kier alpha value is -3.51. The number of hydrogen-bond donors (Lipinski definition) is 2. The third-order valence-electron chi connectivity index (χ3n) is 3.84. The van der Waals surface area contributed by atoms with Gasteiger partial charge in [0, 0.05) is 11.4 Å². The van der Waals surface area contributed by atoms with E-state index in [0.717, 1.165) is 11.3 Å². The first-order chi connectivity index (χ1) is 14.3. The third kappa shape index (κ3) is 5.10. The van der Waals surface area contributed by atoms with Crippen molar-refractivity contribution in [3.05, 3.63) is 69.7 Å². The van der Waals surface area contributed by atoms with Crippen LogP contribution in [0.1, 0.15) is 5.69 Å². The van der Waals surface area contributed by atoms with Gasteiger partial charge in [-0.2, -0.15) is 0 Å². The zero-order valence-electron chi connectivity index (χ0n) is 15.6. The van der Waals surface area contributed by atoms with E-state index in [0.29, 0.717) is 5.69 Å². The largest absolute Gasteiger partial charge is 0.494 e. The molecule has 3 rings (SSSR count). The number of nitrogens with zero attached hydrogens (tertiary/aromatic N) is 2. The van der Waals surface area contributed by atoms with Gasteiger partial charge < -0.3 is 10.1 Å². The Balaban J connectivity index is 1.66. The van der Waals surface area contributed by atoms with Crippen LogP contribution in [-0.4, -0.2) is 31.3 Å². The van der Waals surface area contributed by atoms with Gasteiger partial charge >= 0.3 is 0 Å². The number of amides is 1. The molecule has 1 heterocycles. The zero-order valence-corrected chi connectivity index (χ0v) is 17.2. The third-order valence-corrected chi connectivity index (χ3v) is 6.13. The van der Waals surface area contributed by atoms with Crippen molar-refractivity contribution >= 4 is 43.8 Å². The molecule has 156 valence electrons. The van der Waals surface area contributed by atoms with E-state index in [2.05, 4.69) is 15.0 Å². The molecule has 30 heavy (non-hydrogen) atoms. The van der Waals surface area contributed by atoms with E-state index in [1.807, 2.05) is 0 Å². The van der Waals surface area contributed by atoms with E-state index >= 15 is 0 Å². The Bertz CT molecular complexity index is 1180. The standard InChI is InChI=1S/C18H16N4O6S2/c1-28-16-10-13(22(24)25)7-8-15(16)20-17(23)9-12-11-29-18(19-12)21-30(26,27)14-5-3-2-4-6-14/h2-8,10-11H,9H2,1H3,(H,19,21)(H,20,23). The predicted octanol–water partition coefficient (Wildman–Crippen LogP) is 3.04. The highest BCUT2D eigenvalue weighted by atomic mass is 32.2. The Labute approximate surface area is 175 Å². The van der Waals surface area contributed by atoms with Crippen LogP contribution in [0.5, 0.6) is 5.75 Å². The van der Waals surface area contributed by atoms with E-state index < -0.39 is 20.9 Å². The lowest BCUT2D eigenvalue weighted by molar-refractivity contribution is -0.384. The summed E-state index contributed by atoms with van der Waals surface area (Å²) in [5.74, 6) is -0.294. The van der Waals surface area contributed by atoms with Crippen LogP contribution in [0.3, 0.4) is 0 Å². The predicted molar refractivity (Wildman–Crippen MR) is 111 cm³/mol. The minimum Gasteiger partial charge on any atom is -0.494 e. The van der Waals surface area contributed by atoms with Crippen LogP contribution in [-0.2, 0) is 21.2 Å². The van der Waals surface area contributed by atoms with Gasteiger partial charge in [-0.25, -0.2) is 13.4 Å². The highest BCUT2D eigenvalue weighted by Gasteiger charge is 2.17. The normalized spacial score (nSPS) is 11.0. The van der Waals surface area contributed by atoms with Crippen LogP contribution in [0.15, 0.2) is 58.8 Å². The Morgan fingerprint density at radius 2 is 1.97 bits per heavy atom. The number of nitrogens with one attached hydrogen (secondary N) is 2. The van der Waals surface area contributed by atoms with E-state index in [1.54, 1.807) is 23.6 Å². The summed E-state index contributed by atoms with van der Waals surface area (Å²) in [6.45, 7) is 0. The molecule has 2 aromatic carbocycles. The van der Waals surface area contributed by atoms with Crippen LogP contribution in [0.4, 0.5) is 16.5 Å². The van der Waals surface area contributed by atoms with Gasteiger partial charge in [-0.3, -0.25) is 19.6 Å². The summed E-state index contributed by atoms with van der Waals surface area (Å²) in [4.78, 5) is 26.8. The van der Waals surface area contributed by atoms with Crippen LogP contribution in [0, 0.1) is 10.1 Å². The topological polar surface area (TPSA) is 141 Å². The van der Waals surface area contributed by atoms with Crippen LogP contribution >= 0.6 is 11.3 Å².